The Morgan fingerprint density at radius 2 is 1.92 bits per heavy atom. The lowest BCUT2D eigenvalue weighted by molar-refractivity contribution is -0.120. The number of carbonyl (C=O) groups is 2. The maximum absolute atomic E-state index is 13.1. The zero-order valence-corrected chi connectivity index (χ0v) is 22.9. The van der Waals surface area contributed by atoms with Gasteiger partial charge in [-0.1, -0.05) is 35.7 Å². The van der Waals surface area contributed by atoms with Crippen molar-refractivity contribution in [1.82, 2.24) is 10.3 Å². The van der Waals surface area contributed by atoms with E-state index in [1.54, 1.807) is 37.3 Å². The number of aliphatic imine (C=N–C) groups is 1. The van der Waals surface area contributed by atoms with Gasteiger partial charge in [0, 0.05) is 23.7 Å². The predicted molar refractivity (Wildman–Crippen MR) is 153 cm³/mol. The molecule has 0 unspecified atom stereocenters. The number of nitrogens with zero attached hydrogens (tertiary/aromatic N) is 2. The molecule has 0 atom stereocenters. The van der Waals surface area contributed by atoms with Gasteiger partial charge in [-0.05, 0) is 75.8 Å². The molecule has 2 fully saturated rings. The first-order valence-corrected chi connectivity index (χ1v) is 13.3. The first kappa shape index (κ1) is 26.5. The van der Waals surface area contributed by atoms with Gasteiger partial charge in [0.2, 0.25) is 11.8 Å². The SMILES string of the molecule is C#CC1(c2cccc(C(=O)Nc3ccc(C)c(Oc4ccc(N=C(C)NC(=O)C5CC5)c(C)n4)c3)c2Cl)CC1. The molecule has 0 spiro atoms. The standard InChI is InChI=1S/C31H29ClN4O3/c1-5-31(15-16-31)24-8-6-7-23(28(24)32)30(38)36-22-12-9-18(2)26(17-22)39-27-14-13-25(19(3)33-27)34-20(4)35-29(37)21-10-11-21/h1,6-9,12-14,17,21H,10-11,15-16H2,2-4H3,(H,36,38)(H,34,35,37). The van der Waals surface area contributed by atoms with E-state index in [0.717, 1.165) is 36.8 Å². The highest BCUT2D eigenvalue weighted by atomic mass is 35.5. The molecule has 0 aliphatic heterocycles. The number of halogens is 1. The third-order valence-corrected chi connectivity index (χ3v) is 7.43. The molecule has 2 aliphatic carbocycles. The molecule has 2 aromatic carbocycles. The average Bonchev–Trinajstić information content (AvgIpc) is 3.82. The van der Waals surface area contributed by atoms with E-state index < -0.39 is 0 Å². The van der Waals surface area contributed by atoms with E-state index in [0.29, 0.717) is 45.1 Å². The molecule has 2 saturated carbocycles. The minimum atomic E-state index is -0.368. The van der Waals surface area contributed by atoms with Crippen LogP contribution < -0.4 is 15.4 Å². The van der Waals surface area contributed by atoms with Crippen LogP contribution in [0.25, 0.3) is 0 Å². The lowest BCUT2D eigenvalue weighted by Gasteiger charge is -2.15. The summed E-state index contributed by atoms with van der Waals surface area (Å²) >= 11 is 6.62. The predicted octanol–water partition coefficient (Wildman–Crippen LogP) is 6.64. The third-order valence-electron chi connectivity index (χ3n) is 7.02. The molecule has 198 valence electrons. The number of ether oxygens (including phenoxy) is 1. The van der Waals surface area contributed by atoms with Gasteiger partial charge < -0.3 is 15.4 Å². The topological polar surface area (TPSA) is 92.7 Å². The van der Waals surface area contributed by atoms with Crippen molar-refractivity contribution in [1.29, 1.82) is 0 Å². The van der Waals surface area contributed by atoms with Crippen LogP contribution in [-0.2, 0) is 10.2 Å². The van der Waals surface area contributed by atoms with E-state index in [1.807, 2.05) is 32.0 Å². The van der Waals surface area contributed by atoms with E-state index in [4.69, 9.17) is 22.8 Å². The van der Waals surface area contributed by atoms with Crippen LogP contribution in [0, 0.1) is 32.1 Å². The molecule has 1 heterocycles. The molecule has 2 amide bonds. The van der Waals surface area contributed by atoms with Crippen LogP contribution >= 0.6 is 11.6 Å². The van der Waals surface area contributed by atoms with Gasteiger partial charge in [0.05, 0.1) is 27.4 Å². The van der Waals surface area contributed by atoms with Crippen molar-refractivity contribution in [2.24, 2.45) is 10.9 Å². The Bertz CT molecular complexity index is 1550. The van der Waals surface area contributed by atoms with E-state index in [-0.39, 0.29) is 23.1 Å². The quantitative estimate of drug-likeness (QED) is 0.200. The zero-order chi connectivity index (χ0) is 27.7. The summed E-state index contributed by atoms with van der Waals surface area (Å²) in [7, 11) is 0. The summed E-state index contributed by atoms with van der Waals surface area (Å²) in [4.78, 5) is 34.1. The van der Waals surface area contributed by atoms with Crippen LogP contribution in [0.5, 0.6) is 11.6 Å². The number of aryl methyl sites for hydroxylation is 2. The van der Waals surface area contributed by atoms with Crippen molar-refractivity contribution in [3.63, 3.8) is 0 Å². The summed E-state index contributed by atoms with van der Waals surface area (Å²) in [6, 6.07) is 14.3. The fraction of sp³-hybridized carbons (Fsp3) is 0.290. The summed E-state index contributed by atoms with van der Waals surface area (Å²) in [6.45, 7) is 5.50. The number of hydrogen-bond donors (Lipinski definition) is 2. The first-order valence-electron chi connectivity index (χ1n) is 12.9. The average molecular weight is 541 g/mol. The molecule has 0 radical (unpaired) electrons. The fourth-order valence-electron chi connectivity index (χ4n) is 4.33. The first-order chi connectivity index (χ1) is 18.7. The van der Waals surface area contributed by atoms with Crippen LogP contribution in [0.3, 0.4) is 0 Å². The van der Waals surface area contributed by atoms with E-state index in [2.05, 4.69) is 26.5 Å². The molecule has 39 heavy (non-hydrogen) atoms. The Balaban J connectivity index is 1.29. The summed E-state index contributed by atoms with van der Waals surface area (Å²) in [5.74, 6) is 4.09. The third kappa shape index (κ3) is 5.81. The number of hydrogen-bond acceptors (Lipinski definition) is 5. The maximum Gasteiger partial charge on any atom is 0.257 e. The van der Waals surface area contributed by atoms with Gasteiger partial charge in [-0.25, -0.2) is 9.98 Å². The lowest BCUT2D eigenvalue weighted by Crippen LogP contribution is -2.29. The second-order valence-corrected chi connectivity index (χ2v) is 10.5. The number of carbonyl (C=O) groups excluding carboxylic acids is 2. The minimum Gasteiger partial charge on any atom is -0.439 e. The van der Waals surface area contributed by atoms with Crippen LogP contribution in [0.1, 0.15) is 59.8 Å². The van der Waals surface area contributed by atoms with Crippen molar-refractivity contribution in [2.45, 2.75) is 51.9 Å². The van der Waals surface area contributed by atoms with Gasteiger partial charge in [-0.2, -0.15) is 0 Å². The maximum atomic E-state index is 13.1. The van der Waals surface area contributed by atoms with Gasteiger partial charge in [0.15, 0.2) is 0 Å². The Labute approximate surface area is 233 Å². The highest BCUT2D eigenvalue weighted by Gasteiger charge is 2.44. The molecule has 3 aromatic rings. The highest BCUT2D eigenvalue weighted by Crippen LogP contribution is 2.50. The largest absolute Gasteiger partial charge is 0.439 e. The van der Waals surface area contributed by atoms with Gasteiger partial charge in [-0.15, -0.1) is 6.42 Å². The van der Waals surface area contributed by atoms with Gasteiger partial charge in [0.25, 0.3) is 5.91 Å². The Morgan fingerprint density at radius 3 is 2.59 bits per heavy atom. The van der Waals surface area contributed by atoms with Gasteiger partial charge in [0.1, 0.15) is 11.6 Å². The van der Waals surface area contributed by atoms with Crippen molar-refractivity contribution in [2.75, 3.05) is 5.32 Å². The molecule has 1 aromatic heterocycles. The fourth-order valence-corrected chi connectivity index (χ4v) is 4.73. The molecular weight excluding hydrogens is 512 g/mol. The number of anilines is 1. The van der Waals surface area contributed by atoms with Crippen LogP contribution in [0.2, 0.25) is 5.02 Å². The van der Waals surface area contributed by atoms with E-state index >= 15 is 0 Å². The van der Waals surface area contributed by atoms with Gasteiger partial charge in [-0.3, -0.25) is 9.59 Å². The number of pyridine rings is 1. The number of amides is 2. The number of rotatable bonds is 7. The molecule has 2 N–H and O–H groups in total. The smallest absolute Gasteiger partial charge is 0.257 e. The normalized spacial score (nSPS) is 15.7. The monoisotopic (exact) mass is 540 g/mol. The number of aromatic nitrogens is 1. The minimum absolute atomic E-state index is 0.0126. The van der Waals surface area contributed by atoms with Crippen molar-refractivity contribution in [3.05, 3.63) is 75.9 Å². The second-order valence-electron chi connectivity index (χ2n) is 10.1. The molecular formula is C31H29ClN4O3. The molecule has 0 saturated heterocycles. The Morgan fingerprint density at radius 1 is 1.15 bits per heavy atom. The molecule has 5 rings (SSSR count). The van der Waals surface area contributed by atoms with E-state index in [9.17, 15) is 9.59 Å². The Kier molecular flexibility index (Phi) is 7.16. The molecule has 0 bridgehead atoms. The molecule has 7 nitrogen and oxygen atoms in total. The van der Waals surface area contributed by atoms with Crippen LogP contribution in [0.15, 0.2) is 53.5 Å². The number of amidine groups is 1. The number of benzene rings is 2. The Hall–Kier alpha value is -4.15. The summed E-state index contributed by atoms with van der Waals surface area (Å²) in [5.41, 5.74) is 3.55. The lowest BCUT2D eigenvalue weighted by atomic mass is 9.95. The zero-order valence-electron chi connectivity index (χ0n) is 22.1. The second kappa shape index (κ2) is 10.5. The summed E-state index contributed by atoms with van der Waals surface area (Å²) in [6.07, 6.45) is 9.33. The van der Waals surface area contributed by atoms with Crippen LogP contribution in [0.4, 0.5) is 11.4 Å². The number of terminal acetylenes is 1. The summed E-state index contributed by atoms with van der Waals surface area (Å²) in [5, 5.41) is 6.13. The summed E-state index contributed by atoms with van der Waals surface area (Å²) < 4.78 is 6.06. The van der Waals surface area contributed by atoms with Crippen LogP contribution in [-0.4, -0.2) is 22.6 Å². The molecule has 2 aliphatic rings. The number of nitrogens with one attached hydrogen (secondary N) is 2. The van der Waals surface area contributed by atoms with Gasteiger partial charge >= 0.3 is 0 Å². The van der Waals surface area contributed by atoms with Crippen molar-refractivity contribution >= 4 is 40.6 Å². The van der Waals surface area contributed by atoms with E-state index in [1.165, 1.54) is 0 Å². The van der Waals surface area contributed by atoms with Crippen molar-refractivity contribution < 1.29 is 14.3 Å². The highest BCUT2D eigenvalue weighted by molar-refractivity contribution is 6.35. The van der Waals surface area contributed by atoms with Crippen molar-refractivity contribution in [3.8, 4) is 24.0 Å². The molecule has 8 heteroatoms.